The first kappa shape index (κ1) is 13.9. The molecular weight excluding hydrogens is 213 g/mol. The van der Waals surface area contributed by atoms with Crippen LogP contribution in [0.4, 0.5) is 4.39 Å². The predicted molar refractivity (Wildman–Crippen MR) is 71.6 cm³/mol. The van der Waals surface area contributed by atoms with Crippen LogP contribution in [0.5, 0.6) is 0 Å². The molecule has 1 aromatic carbocycles. The molecule has 0 radical (unpaired) electrons. The van der Waals surface area contributed by atoms with Crippen LogP contribution in [-0.4, -0.2) is 6.54 Å². The van der Waals surface area contributed by atoms with Crippen LogP contribution in [0.3, 0.4) is 0 Å². The lowest BCUT2D eigenvalue weighted by Gasteiger charge is -2.21. The Labute approximate surface area is 104 Å². The molecule has 94 valence electrons. The van der Waals surface area contributed by atoms with Gasteiger partial charge in [0.05, 0.1) is 0 Å². The second-order valence-electron chi connectivity index (χ2n) is 4.67. The maximum absolute atomic E-state index is 13.3. The third kappa shape index (κ3) is 4.31. The quantitative estimate of drug-likeness (QED) is 0.731. The van der Waals surface area contributed by atoms with E-state index in [-0.39, 0.29) is 11.9 Å². The Kier molecular flexibility index (Phi) is 5.36. The summed E-state index contributed by atoms with van der Waals surface area (Å²) in [5, 5.41) is 3.46. The van der Waals surface area contributed by atoms with Gasteiger partial charge in [0.2, 0.25) is 0 Å². The molecule has 1 nitrogen and oxygen atoms in total. The van der Waals surface area contributed by atoms with E-state index in [1.165, 1.54) is 6.07 Å². The van der Waals surface area contributed by atoms with Gasteiger partial charge < -0.3 is 5.32 Å². The molecule has 0 bridgehead atoms. The highest BCUT2D eigenvalue weighted by Gasteiger charge is 2.13. The van der Waals surface area contributed by atoms with Crippen molar-refractivity contribution in [3.05, 3.63) is 47.3 Å². The fraction of sp³-hybridized carbons (Fsp3) is 0.467. The minimum Gasteiger partial charge on any atom is -0.310 e. The standard InChI is InChI=1S/C15H22FN/c1-5-8-17-15(9-11(2)3)14-10-13(16)7-6-12(14)4/h6-7,10,15,17H,2,5,8-9H2,1,3-4H3. The second kappa shape index (κ2) is 6.55. The Balaban J connectivity index is 2.93. The van der Waals surface area contributed by atoms with E-state index in [1.54, 1.807) is 6.07 Å². The largest absolute Gasteiger partial charge is 0.310 e. The highest BCUT2D eigenvalue weighted by molar-refractivity contribution is 5.30. The molecule has 1 aromatic rings. The predicted octanol–water partition coefficient (Wildman–Crippen LogP) is 4.14. The summed E-state index contributed by atoms with van der Waals surface area (Å²) in [4.78, 5) is 0. The number of halogens is 1. The third-order valence-corrected chi connectivity index (χ3v) is 2.81. The third-order valence-electron chi connectivity index (χ3n) is 2.81. The number of aryl methyl sites for hydroxylation is 1. The molecule has 0 aliphatic carbocycles. The van der Waals surface area contributed by atoms with Crippen molar-refractivity contribution in [2.24, 2.45) is 0 Å². The van der Waals surface area contributed by atoms with E-state index >= 15 is 0 Å². The molecule has 0 aliphatic rings. The lowest BCUT2D eigenvalue weighted by molar-refractivity contribution is 0.521. The lowest BCUT2D eigenvalue weighted by atomic mass is 9.96. The normalized spacial score (nSPS) is 12.5. The summed E-state index contributed by atoms with van der Waals surface area (Å²) in [7, 11) is 0. The Morgan fingerprint density at radius 3 is 2.76 bits per heavy atom. The first-order chi connectivity index (χ1) is 8.04. The van der Waals surface area contributed by atoms with E-state index in [0.717, 1.165) is 36.1 Å². The van der Waals surface area contributed by atoms with Gasteiger partial charge in [0.25, 0.3) is 0 Å². The molecule has 2 heteroatoms. The van der Waals surface area contributed by atoms with Crippen molar-refractivity contribution in [3.63, 3.8) is 0 Å². The molecule has 1 atom stereocenters. The van der Waals surface area contributed by atoms with Gasteiger partial charge in [0.1, 0.15) is 5.82 Å². The smallest absolute Gasteiger partial charge is 0.123 e. The fourth-order valence-electron chi connectivity index (χ4n) is 1.95. The number of rotatable bonds is 6. The number of benzene rings is 1. The molecule has 0 saturated heterocycles. The Hall–Kier alpha value is -1.15. The van der Waals surface area contributed by atoms with Crippen molar-refractivity contribution in [1.82, 2.24) is 5.32 Å². The van der Waals surface area contributed by atoms with Gasteiger partial charge in [-0.1, -0.05) is 18.6 Å². The zero-order valence-corrected chi connectivity index (χ0v) is 11.0. The molecule has 0 spiro atoms. The minimum atomic E-state index is -0.171. The SMILES string of the molecule is C=C(C)CC(NCCC)c1cc(F)ccc1C. The van der Waals surface area contributed by atoms with Crippen LogP contribution in [0.15, 0.2) is 30.4 Å². The Bertz CT molecular complexity index is 385. The van der Waals surface area contributed by atoms with E-state index < -0.39 is 0 Å². The van der Waals surface area contributed by atoms with Crippen molar-refractivity contribution >= 4 is 0 Å². The first-order valence-corrected chi connectivity index (χ1v) is 6.18. The van der Waals surface area contributed by atoms with E-state index in [1.807, 2.05) is 19.9 Å². The summed E-state index contributed by atoms with van der Waals surface area (Å²) in [6, 6.07) is 5.15. The highest BCUT2D eigenvalue weighted by Crippen LogP contribution is 2.24. The van der Waals surface area contributed by atoms with Crippen molar-refractivity contribution in [1.29, 1.82) is 0 Å². The zero-order valence-electron chi connectivity index (χ0n) is 11.0. The molecule has 0 aliphatic heterocycles. The molecule has 17 heavy (non-hydrogen) atoms. The van der Waals surface area contributed by atoms with Crippen molar-refractivity contribution in [3.8, 4) is 0 Å². The average molecular weight is 235 g/mol. The molecular formula is C15H22FN. The summed E-state index contributed by atoms with van der Waals surface area (Å²) in [5.41, 5.74) is 3.28. The molecule has 1 unspecified atom stereocenters. The van der Waals surface area contributed by atoms with Crippen molar-refractivity contribution in [2.45, 2.75) is 39.7 Å². The van der Waals surface area contributed by atoms with Crippen LogP contribution >= 0.6 is 0 Å². The van der Waals surface area contributed by atoms with E-state index in [2.05, 4.69) is 18.8 Å². The lowest BCUT2D eigenvalue weighted by Crippen LogP contribution is -2.23. The van der Waals surface area contributed by atoms with Crippen LogP contribution in [0, 0.1) is 12.7 Å². The molecule has 1 N–H and O–H groups in total. The molecule has 0 aromatic heterocycles. The Morgan fingerprint density at radius 1 is 1.47 bits per heavy atom. The summed E-state index contributed by atoms with van der Waals surface area (Å²) in [6.45, 7) is 11.0. The van der Waals surface area contributed by atoms with E-state index in [9.17, 15) is 4.39 Å². The zero-order chi connectivity index (χ0) is 12.8. The van der Waals surface area contributed by atoms with Gasteiger partial charge in [0.15, 0.2) is 0 Å². The average Bonchev–Trinajstić information content (AvgIpc) is 2.27. The van der Waals surface area contributed by atoms with Gasteiger partial charge >= 0.3 is 0 Å². The van der Waals surface area contributed by atoms with Gasteiger partial charge in [-0.2, -0.15) is 0 Å². The topological polar surface area (TPSA) is 12.0 Å². The summed E-state index contributed by atoms with van der Waals surface area (Å²) in [6.07, 6.45) is 1.92. The van der Waals surface area contributed by atoms with Crippen LogP contribution in [-0.2, 0) is 0 Å². The first-order valence-electron chi connectivity index (χ1n) is 6.18. The number of hydrogen-bond acceptors (Lipinski definition) is 1. The van der Waals surface area contributed by atoms with Crippen LogP contribution < -0.4 is 5.32 Å². The summed E-state index contributed by atoms with van der Waals surface area (Å²) < 4.78 is 13.3. The molecule has 0 heterocycles. The van der Waals surface area contributed by atoms with Gasteiger partial charge in [-0.25, -0.2) is 4.39 Å². The monoisotopic (exact) mass is 235 g/mol. The summed E-state index contributed by atoms with van der Waals surface area (Å²) in [5.74, 6) is -0.171. The van der Waals surface area contributed by atoms with Gasteiger partial charge in [-0.15, -0.1) is 6.58 Å². The molecule has 1 rings (SSSR count). The number of hydrogen-bond donors (Lipinski definition) is 1. The molecule has 0 saturated carbocycles. The minimum absolute atomic E-state index is 0.170. The van der Waals surface area contributed by atoms with Crippen LogP contribution in [0.2, 0.25) is 0 Å². The van der Waals surface area contributed by atoms with Crippen LogP contribution in [0.25, 0.3) is 0 Å². The van der Waals surface area contributed by atoms with Gasteiger partial charge in [-0.3, -0.25) is 0 Å². The number of nitrogens with one attached hydrogen (secondary N) is 1. The second-order valence-corrected chi connectivity index (χ2v) is 4.67. The van der Waals surface area contributed by atoms with Gasteiger partial charge in [0, 0.05) is 6.04 Å². The van der Waals surface area contributed by atoms with E-state index in [4.69, 9.17) is 0 Å². The Morgan fingerprint density at radius 2 is 2.18 bits per heavy atom. The maximum Gasteiger partial charge on any atom is 0.123 e. The van der Waals surface area contributed by atoms with Crippen molar-refractivity contribution in [2.75, 3.05) is 6.54 Å². The van der Waals surface area contributed by atoms with E-state index in [0.29, 0.717) is 0 Å². The van der Waals surface area contributed by atoms with Crippen molar-refractivity contribution < 1.29 is 4.39 Å². The fourth-order valence-corrected chi connectivity index (χ4v) is 1.95. The molecule has 0 fully saturated rings. The van der Waals surface area contributed by atoms with Crippen LogP contribution in [0.1, 0.15) is 43.9 Å². The highest BCUT2D eigenvalue weighted by atomic mass is 19.1. The maximum atomic E-state index is 13.3. The van der Waals surface area contributed by atoms with Gasteiger partial charge in [-0.05, 0) is 56.5 Å². The molecule has 0 amide bonds. The summed E-state index contributed by atoms with van der Waals surface area (Å²) >= 11 is 0.